The number of halogens is 3. The van der Waals surface area contributed by atoms with E-state index in [0.717, 1.165) is 57.1 Å². The number of hydrogen-bond donors (Lipinski definition) is 2. The summed E-state index contributed by atoms with van der Waals surface area (Å²) < 4.78 is 42.4. The number of β-amino-alcohol motifs (C(OH)–C–C–N with tert-alkyl or cyclic N) is 1. The van der Waals surface area contributed by atoms with E-state index in [0.29, 0.717) is 23.8 Å². The zero-order chi connectivity index (χ0) is 26.1. The van der Waals surface area contributed by atoms with Crippen LogP contribution < -0.4 is 10.2 Å². The maximum Gasteiger partial charge on any atom is 0.266 e. The third kappa shape index (κ3) is 5.28. The molecule has 2 aromatic heterocycles. The molecule has 0 aliphatic carbocycles. The van der Waals surface area contributed by atoms with Crippen molar-refractivity contribution in [2.24, 2.45) is 0 Å². The highest BCUT2D eigenvalue weighted by Gasteiger charge is 2.29. The highest BCUT2D eigenvalue weighted by molar-refractivity contribution is 5.96. The Hall–Kier alpha value is -3.18. The Morgan fingerprint density at radius 2 is 1.92 bits per heavy atom. The van der Waals surface area contributed by atoms with Crippen LogP contribution in [0.25, 0.3) is 5.65 Å². The number of rotatable bonds is 6. The number of nitrogens with one attached hydrogen (secondary N) is 1. The van der Waals surface area contributed by atoms with E-state index in [4.69, 9.17) is 0 Å². The number of likely N-dealkylation sites (tertiary alicyclic amines) is 1. The second-order valence-corrected chi connectivity index (χ2v) is 9.90. The molecule has 1 unspecified atom stereocenters. The Balaban J connectivity index is 1.32. The molecule has 2 fully saturated rings. The largest absolute Gasteiger partial charge is 0.392 e. The van der Waals surface area contributed by atoms with E-state index in [1.54, 1.807) is 23.7 Å². The van der Waals surface area contributed by atoms with Gasteiger partial charge in [-0.25, -0.2) is 22.7 Å². The van der Waals surface area contributed by atoms with E-state index in [1.165, 1.54) is 18.5 Å². The number of aliphatic hydroxyl groups is 1. The lowest BCUT2D eigenvalue weighted by Gasteiger charge is -2.42. The molecule has 2 N–H and O–H groups in total. The van der Waals surface area contributed by atoms with Crippen LogP contribution in [0.3, 0.4) is 0 Å². The molecule has 0 bridgehead atoms. The maximum absolute atomic E-state index is 14.6. The lowest BCUT2D eigenvalue weighted by atomic mass is 9.98. The average Bonchev–Trinajstić information content (AvgIpc) is 3.37. The molecule has 8 nitrogen and oxygen atoms in total. The first kappa shape index (κ1) is 25.5. The fourth-order valence-corrected chi connectivity index (χ4v) is 5.48. The summed E-state index contributed by atoms with van der Waals surface area (Å²) in [6, 6.07) is 5.13. The number of fused-ring (bicyclic) bond motifs is 1. The number of hydrogen-bond acceptors (Lipinski definition) is 6. The van der Waals surface area contributed by atoms with Crippen molar-refractivity contribution in [3.8, 4) is 0 Å². The van der Waals surface area contributed by atoms with Gasteiger partial charge in [0.15, 0.2) is 5.65 Å². The van der Waals surface area contributed by atoms with Crippen LogP contribution in [0.5, 0.6) is 0 Å². The molecule has 5 rings (SSSR count). The third-order valence-electron chi connectivity index (χ3n) is 7.48. The lowest BCUT2D eigenvalue weighted by molar-refractivity contribution is 0.0398. The summed E-state index contributed by atoms with van der Waals surface area (Å²) in [6.45, 7) is 4.82. The number of amides is 1. The first-order chi connectivity index (χ1) is 17.8. The smallest absolute Gasteiger partial charge is 0.266 e. The standard InChI is InChI=1S/C26H31F3N6O2/c1-16(20-5-2-6-21(23(20)27)24(28)29)32-26(37)17-12-22(25-30-15-31-35(25)13-17)33-10-7-18(8-11-33)34-9-3-4-19(36)14-34/h2,5-6,12-13,15-16,18-19,24,36H,3-4,7-11,14H2,1H3,(H,32,37)/t16-,19?/m1/s1. The summed E-state index contributed by atoms with van der Waals surface area (Å²) >= 11 is 0. The number of benzene rings is 1. The van der Waals surface area contributed by atoms with Crippen LogP contribution in [-0.2, 0) is 0 Å². The molecule has 0 radical (unpaired) electrons. The van der Waals surface area contributed by atoms with Gasteiger partial charge >= 0.3 is 0 Å². The molecule has 4 heterocycles. The molecular formula is C26H31F3N6O2. The van der Waals surface area contributed by atoms with Gasteiger partial charge in [-0.15, -0.1) is 0 Å². The van der Waals surface area contributed by atoms with E-state index >= 15 is 0 Å². The van der Waals surface area contributed by atoms with Crippen molar-refractivity contribution >= 4 is 17.2 Å². The van der Waals surface area contributed by atoms with E-state index in [2.05, 4.69) is 25.2 Å². The van der Waals surface area contributed by atoms with Crippen molar-refractivity contribution < 1.29 is 23.1 Å². The van der Waals surface area contributed by atoms with Crippen LogP contribution in [0.1, 0.15) is 66.6 Å². The van der Waals surface area contributed by atoms with Gasteiger partial charge in [0.1, 0.15) is 12.1 Å². The number of carbonyl (C=O) groups excluding carboxylic acids is 1. The maximum atomic E-state index is 14.6. The average molecular weight is 517 g/mol. The molecular weight excluding hydrogens is 485 g/mol. The molecule has 2 atom stereocenters. The first-order valence-corrected chi connectivity index (χ1v) is 12.7. The molecule has 3 aromatic rings. The van der Waals surface area contributed by atoms with Gasteiger partial charge in [-0.1, -0.05) is 18.2 Å². The summed E-state index contributed by atoms with van der Waals surface area (Å²) in [5.74, 6) is -1.48. The second-order valence-electron chi connectivity index (χ2n) is 9.90. The number of piperidine rings is 2. The quantitative estimate of drug-likeness (QED) is 0.520. The van der Waals surface area contributed by atoms with Gasteiger partial charge in [0, 0.05) is 37.4 Å². The van der Waals surface area contributed by atoms with Crippen molar-refractivity contribution in [3.63, 3.8) is 0 Å². The molecule has 1 amide bonds. The molecule has 2 aliphatic heterocycles. The van der Waals surface area contributed by atoms with Crippen LogP contribution in [0.2, 0.25) is 0 Å². The fourth-order valence-electron chi connectivity index (χ4n) is 5.48. The van der Waals surface area contributed by atoms with Crippen molar-refractivity contribution in [2.75, 3.05) is 31.1 Å². The molecule has 0 saturated carbocycles. The van der Waals surface area contributed by atoms with Crippen LogP contribution in [0.4, 0.5) is 18.9 Å². The molecule has 2 aliphatic rings. The lowest BCUT2D eigenvalue weighted by Crippen LogP contribution is -2.49. The Bertz CT molecular complexity index is 1260. The Labute approximate surface area is 213 Å². The van der Waals surface area contributed by atoms with Crippen molar-refractivity contribution in [2.45, 2.75) is 57.2 Å². The van der Waals surface area contributed by atoms with Crippen molar-refractivity contribution in [1.29, 1.82) is 0 Å². The predicted molar refractivity (Wildman–Crippen MR) is 132 cm³/mol. The van der Waals surface area contributed by atoms with Gasteiger partial charge in [-0.05, 0) is 45.2 Å². The third-order valence-corrected chi connectivity index (χ3v) is 7.48. The minimum absolute atomic E-state index is 0.00175. The van der Waals surface area contributed by atoms with Gasteiger partial charge in [0.05, 0.1) is 29.0 Å². The summed E-state index contributed by atoms with van der Waals surface area (Å²) in [4.78, 5) is 22.1. The minimum Gasteiger partial charge on any atom is -0.392 e. The Morgan fingerprint density at radius 3 is 2.65 bits per heavy atom. The van der Waals surface area contributed by atoms with Crippen LogP contribution in [0, 0.1) is 5.82 Å². The van der Waals surface area contributed by atoms with Crippen molar-refractivity contribution in [1.82, 2.24) is 24.8 Å². The SMILES string of the molecule is C[C@@H](NC(=O)c1cc(N2CCC(N3CCCC(O)C3)CC2)c2ncnn2c1)c1cccc(C(F)F)c1F. The molecule has 37 heavy (non-hydrogen) atoms. The fraction of sp³-hybridized carbons (Fsp3) is 0.500. The van der Waals surface area contributed by atoms with Gasteiger partial charge < -0.3 is 15.3 Å². The summed E-state index contributed by atoms with van der Waals surface area (Å²) in [7, 11) is 0. The van der Waals surface area contributed by atoms with Crippen LogP contribution in [-0.4, -0.2) is 68.8 Å². The van der Waals surface area contributed by atoms with Gasteiger partial charge in [0.25, 0.3) is 12.3 Å². The minimum atomic E-state index is -2.94. The van der Waals surface area contributed by atoms with E-state index in [9.17, 15) is 23.1 Å². The van der Waals surface area contributed by atoms with E-state index in [-0.39, 0.29) is 11.7 Å². The molecule has 11 heteroatoms. The number of carbonyl (C=O) groups is 1. The highest BCUT2D eigenvalue weighted by atomic mass is 19.3. The predicted octanol–water partition coefficient (Wildman–Crippen LogP) is 3.72. The number of nitrogens with zero attached hydrogens (tertiary/aromatic N) is 5. The number of aliphatic hydroxyl groups excluding tert-OH is 1. The van der Waals surface area contributed by atoms with Gasteiger partial charge in [0.2, 0.25) is 0 Å². The topological polar surface area (TPSA) is 86.0 Å². The number of alkyl halides is 2. The van der Waals surface area contributed by atoms with E-state index < -0.39 is 29.8 Å². The molecule has 1 aromatic carbocycles. The van der Waals surface area contributed by atoms with Crippen molar-refractivity contribution in [3.05, 3.63) is 59.3 Å². The Morgan fingerprint density at radius 1 is 1.16 bits per heavy atom. The molecule has 198 valence electrons. The Kier molecular flexibility index (Phi) is 7.34. The summed E-state index contributed by atoms with van der Waals surface area (Å²) in [6.07, 6.45) is 3.51. The molecule has 2 saturated heterocycles. The number of pyridine rings is 1. The zero-order valence-corrected chi connectivity index (χ0v) is 20.7. The monoisotopic (exact) mass is 516 g/mol. The normalized spacial score (nSPS) is 20.5. The number of anilines is 1. The summed E-state index contributed by atoms with van der Waals surface area (Å²) in [5.41, 5.74) is 1.03. The zero-order valence-electron chi connectivity index (χ0n) is 20.7. The first-order valence-electron chi connectivity index (χ1n) is 12.7. The highest BCUT2D eigenvalue weighted by Crippen LogP contribution is 2.30. The van der Waals surface area contributed by atoms with Crippen LogP contribution >= 0.6 is 0 Å². The number of aromatic nitrogens is 3. The van der Waals surface area contributed by atoms with Gasteiger partial charge in [-0.2, -0.15) is 5.10 Å². The second kappa shape index (κ2) is 10.7. The van der Waals surface area contributed by atoms with Crippen LogP contribution in [0.15, 0.2) is 36.8 Å². The van der Waals surface area contributed by atoms with E-state index in [1.807, 2.05) is 0 Å². The molecule has 0 spiro atoms. The summed E-state index contributed by atoms with van der Waals surface area (Å²) in [5, 5.41) is 17.0. The van der Waals surface area contributed by atoms with Gasteiger partial charge in [-0.3, -0.25) is 9.69 Å².